The van der Waals surface area contributed by atoms with E-state index in [9.17, 15) is 0 Å². The highest BCUT2D eigenvalue weighted by Crippen LogP contribution is 2.18. The van der Waals surface area contributed by atoms with Crippen molar-refractivity contribution in [2.24, 2.45) is 5.92 Å². The zero-order valence-corrected chi connectivity index (χ0v) is 12.5. The summed E-state index contributed by atoms with van der Waals surface area (Å²) in [4.78, 5) is 7.03. The van der Waals surface area contributed by atoms with E-state index in [1.807, 2.05) is 5.51 Å². The highest BCUT2D eigenvalue weighted by Gasteiger charge is 2.27. The summed E-state index contributed by atoms with van der Waals surface area (Å²) in [6.07, 6.45) is 2.48. The molecule has 2 heterocycles. The zero-order chi connectivity index (χ0) is 13.0. The molecule has 1 saturated heterocycles. The van der Waals surface area contributed by atoms with Gasteiger partial charge in [0.05, 0.1) is 11.2 Å². The molecule has 0 aliphatic carbocycles. The van der Waals surface area contributed by atoms with Gasteiger partial charge in [-0.15, -0.1) is 11.3 Å². The lowest BCUT2D eigenvalue weighted by Gasteiger charge is -2.40. The van der Waals surface area contributed by atoms with Crippen molar-refractivity contribution in [3.63, 3.8) is 0 Å². The molecule has 2 atom stereocenters. The second-order valence-electron chi connectivity index (χ2n) is 5.71. The smallest absolute Gasteiger partial charge is 0.0795 e. The molecule has 4 heteroatoms. The average Bonchev–Trinajstić information content (AvgIpc) is 2.81. The van der Waals surface area contributed by atoms with E-state index in [0.29, 0.717) is 12.1 Å². The maximum atomic E-state index is 4.42. The normalized spacial score (nSPS) is 25.8. The van der Waals surface area contributed by atoms with Crippen LogP contribution >= 0.6 is 11.3 Å². The van der Waals surface area contributed by atoms with Gasteiger partial charge in [-0.25, -0.2) is 4.98 Å². The Kier molecular flexibility index (Phi) is 5.15. The first-order valence-corrected chi connectivity index (χ1v) is 7.97. The van der Waals surface area contributed by atoms with Gasteiger partial charge in [0.2, 0.25) is 0 Å². The molecule has 0 radical (unpaired) electrons. The van der Waals surface area contributed by atoms with Gasteiger partial charge in [-0.1, -0.05) is 20.8 Å². The van der Waals surface area contributed by atoms with Crippen molar-refractivity contribution in [2.45, 2.75) is 52.2 Å². The number of rotatable bonds is 5. The van der Waals surface area contributed by atoms with Crippen LogP contribution in [0.4, 0.5) is 0 Å². The number of piperazine rings is 1. The second kappa shape index (κ2) is 6.64. The van der Waals surface area contributed by atoms with Gasteiger partial charge >= 0.3 is 0 Å². The van der Waals surface area contributed by atoms with Crippen LogP contribution in [0.2, 0.25) is 0 Å². The van der Waals surface area contributed by atoms with Crippen molar-refractivity contribution >= 4 is 11.3 Å². The van der Waals surface area contributed by atoms with Crippen LogP contribution in [-0.4, -0.2) is 35.1 Å². The maximum Gasteiger partial charge on any atom is 0.0795 e. The largest absolute Gasteiger partial charge is 0.311 e. The van der Waals surface area contributed by atoms with Crippen molar-refractivity contribution in [2.75, 3.05) is 13.1 Å². The number of nitrogens with one attached hydrogen (secondary N) is 1. The highest BCUT2D eigenvalue weighted by molar-refractivity contribution is 7.07. The fraction of sp³-hybridized carbons (Fsp3) is 0.786. The fourth-order valence-electron chi connectivity index (χ4n) is 2.78. The minimum Gasteiger partial charge on any atom is -0.311 e. The lowest BCUT2D eigenvalue weighted by Crippen LogP contribution is -2.56. The Morgan fingerprint density at radius 3 is 3.00 bits per heavy atom. The first kappa shape index (κ1) is 14.0. The minimum atomic E-state index is 0.645. The Morgan fingerprint density at radius 1 is 1.56 bits per heavy atom. The van der Waals surface area contributed by atoms with Crippen molar-refractivity contribution in [1.82, 2.24) is 15.2 Å². The lowest BCUT2D eigenvalue weighted by molar-refractivity contribution is 0.110. The van der Waals surface area contributed by atoms with Crippen LogP contribution in [0.3, 0.4) is 0 Å². The standard InChI is InChI=1S/C14H25N3S/c1-4-14-6-15-12(5-11(2)3)7-17(14)8-13-9-18-10-16-13/h9-12,14-15H,4-8H2,1-3H3. The van der Waals surface area contributed by atoms with E-state index in [-0.39, 0.29) is 0 Å². The monoisotopic (exact) mass is 267 g/mol. The molecule has 0 spiro atoms. The summed E-state index contributed by atoms with van der Waals surface area (Å²) in [5.41, 5.74) is 3.16. The van der Waals surface area contributed by atoms with Gasteiger partial charge in [0.15, 0.2) is 0 Å². The Hall–Kier alpha value is -0.450. The molecule has 1 aromatic rings. The number of thiazole rings is 1. The Balaban J connectivity index is 1.94. The predicted octanol–water partition coefficient (Wildman–Crippen LogP) is 2.74. The molecule has 2 rings (SSSR count). The number of hydrogen-bond acceptors (Lipinski definition) is 4. The molecule has 1 fully saturated rings. The minimum absolute atomic E-state index is 0.645. The molecule has 18 heavy (non-hydrogen) atoms. The molecular formula is C14H25N3S. The Labute approximate surface area is 115 Å². The van der Waals surface area contributed by atoms with Gasteiger partial charge in [-0.2, -0.15) is 0 Å². The SMILES string of the molecule is CCC1CNC(CC(C)C)CN1Cc1cscn1. The molecule has 1 N–H and O–H groups in total. The molecule has 0 saturated carbocycles. The maximum absolute atomic E-state index is 4.42. The highest BCUT2D eigenvalue weighted by atomic mass is 32.1. The van der Waals surface area contributed by atoms with Crippen LogP contribution in [-0.2, 0) is 6.54 Å². The van der Waals surface area contributed by atoms with E-state index in [1.165, 1.54) is 18.5 Å². The predicted molar refractivity (Wildman–Crippen MR) is 77.8 cm³/mol. The van der Waals surface area contributed by atoms with Gasteiger partial charge in [0.25, 0.3) is 0 Å². The Morgan fingerprint density at radius 2 is 2.39 bits per heavy atom. The molecule has 1 aromatic heterocycles. The first-order chi connectivity index (χ1) is 8.69. The Bertz CT molecular complexity index is 337. The molecule has 0 aromatic carbocycles. The van der Waals surface area contributed by atoms with Crippen molar-refractivity contribution in [3.8, 4) is 0 Å². The molecular weight excluding hydrogens is 242 g/mol. The summed E-state index contributed by atoms with van der Waals surface area (Å²) >= 11 is 1.70. The third-order valence-corrected chi connectivity index (χ3v) is 4.32. The first-order valence-electron chi connectivity index (χ1n) is 7.03. The van der Waals surface area contributed by atoms with E-state index < -0.39 is 0 Å². The molecule has 102 valence electrons. The van der Waals surface area contributed by atoms with Crippen LogP contribution in [0.1, 0.15) is 39.3 Å². The average molecular weight is 267 g/mol. The van der Waals surface area contributed by atoms with E-state index in [1.54, 1.807) is 11.3 Å². The summed E-state index contributed by atoms with van der Waals surface area (Å²) in [5, 5.41) is 5.87. The van der Waals surface area contributed by atoms with Crippen molar-refractivity contribution in [3.05, 3.63) is 16.6 Å². The van der Waals surface area contributed by atoms with Crippen LogP contribution in [0.25, 0.3) is 0 Å². The van der Waals surface area contributed by atoms with E-state index in [2.05, 4.69) is 41.4 Å². The van der Waals surface area contributed by atoms with Gasteiger partial charge in [-0.3, -0.25) is 4.90 Å². The molecule has 1 aliphatic heterocycles. The molecule has 1 aliphatic rings. The summed E-state index contributed by atoms with van der Waals surface area (Å²) in [6.45, 7) is 10.2. The molecule has 2 unspecified atom stereocenters. The third kappa shape index (κ3) is 3.77. The molecule has 0 bridgehead atoms. The number of hydrogen-bond donors (Lipinski definition) is 1. The summed E-state index contributed by atoms with van der Waals surface area (Å²) in [6, 6.07) is 1.31. The van der Waals surface area contributed by atoms with Gasteiger partial charge in [0.1, 0.15) is 0 Å². The van der Waals surface area contributed by atoms with Gasteiger partial charge < -0.3 is 5.32 Å². The summed E-state index contributed by atoms with van der Waals surface area (Å²) in [5.74, 6) is 0.766. The summed E-state index contributed by atoms with van der Waals surface area (Å²) < 4.78 is 0. The molecule has 3 nitrogen and oxygen atoms in total. The van der Waals surface area contributed by atoms with Gasteiger partial charge in [0, 0.05) is 37.1 Å². The van der Waals surface area contributed by atoms with Crippen LogP contribution in [0.5, 0.6) is 0 Å². The van der Waals surface area contributed by atoms with Crippen molar-refractivity contribution < 1.29 is 0 Å². The van der Waals surface area contributed by atoms with Crippen molar-refractivity contribution in [1.29, 1.82) is 0 Å². The van der Waals surface area contributed by atoms with E-state index in [0.717, 1.165) is 25.6 Å². The van der Waals surface area contributed by atoms with Gasteiger partial charge in [-0.05, 0) is 18.8 Å². The zero-order valence-electron chi connectivity index (χ0n) is 11.7. The third-order valence-electron chi connectivity index (χ3n) is 3.69. The second-order valence-corrected chi connectivity index (χ2v) is 6.42. The molecule has 0 amide bonds. The number of aromatic nitrogens is 1. The van der Waals surface area contributed by atoms with E-state index >= 15 is 0 Å². The topological polar surface area (TPSA) is 28.2 Å². The van der Waals surface area contributed by atoms with Crippen LogP contribution in [0, 0.1) is 5.92 Å². The number of nitrogens with zero attached hydrogens (tertiary/aromatic N) is 2. The fourth-order valence-corrected chi connectivity index (χ4v) is 3.32. The summed E-state index contributed by atoms with van der Waals surface area (Å²) in [7, 11) is 0. The quantitative estimate of drug-likeness (QED) is 0.889. The van der Waals surface area contributed by atoms with Crippen LogP contribution in [0.15, 0.2) is 10.9 Å². The lowest BCUT2D eigenvalue weighted by atomic mass is 9.99. The van der Waals surface area contributed by atoms with Crippen LogP contribution < -0.4 is 5.32 Å². The van der Waals surface area contributed by atoms with E-state index in [4.69, 9.17) is 0 Å².